The molecule has 0 bridgehead atoms. The molecule has 0 amide bonds. The summed E-state index contributed by atoms with van der Waals surface area (Å²) < 4.78 is 0.573. The van der Waals surface area contributed by atoms with Crippen molar-refractivity contribution in [3.63, 3.8) is 0 Å². The van der Waals surface area contributed by atoms with Gasteiger partial charge in [-0.15, -0.1) is 0 Å². The molecule has 0 spiro atoms. The van der Waals surface area contributed by atoms with E-state index in [0.29, 0.717) is 22.9 Å². The van der Waals surface area contributed by atoms with Gasteiger partial charge in [-0.1, -0.05) is 25.3 Å². The quantitative estimate of drug-likeness (QED) is 0.874. The van der Waals surface area contributed by atoms with Crippen molar-refractivity contribution in [2.45, 2.75) is 44.4 Å². The summed E-state index contributed by atoms with van der Waals surface area (Å²) in [6.45, 7) is 1.79. The molecule has 0 heterocycles. The third kappa shape index (κ3) is 2.14. The van der Waals surface area contributed by atoms with Crippen LogP contribution in [0.1, 0.15) is 43.2 Å². The van der Waals surface area contributed by atoms with E-state index in [4.69, 9.17) is 0 Å². The molecule has 1 saturated carbocycles. The molecule has 18 heavy (non-hydrogen) atoms. The third-order valence-electron chi connectivity index (χ3n) is 3.92. The molecule has 0 radical (unpaired) electrons. The molecular formula is C14H17BrO3. The Morgan fingerprint density at radius 3 is 2.39 bits per heavy atom. The van der Waals surface area contributed by atoms with Gasteiger partial charge >= 0.3 is 5.97 Å². The van der Waals surface area contributed by atoms with E-state index < -0.39 is 11.4 Å². The maximum absolute atomic E-state index is 11.7. The molecule has 2 rings (SSSR count). The van der Waals surface area contributed by atoms with E-state index in [0.717, 1.165) is 24.8 Å². The summed E-state index contributed by atoms with van der Waals surface area (Å²) in [5.74, 6) is -0.561. The second-order valence-electron chi connectivity index (χ2n) is 5.07. The molecule has 1 aliphatic rings. The Labute approximate surface area is 115 Å². The maximum Gasteiger partial charge on any atom is 0.314 e. The number of hydrogen-bond acceptors (Lipinski definition) is 2. The van der Waals surface area contributed by atoms with Crippen molar-refractivity contribution in [1.29, 1.82) is 0 Å². The van der Waals surface area contributed by atoms with E-state index in [1.54, 1.807) is 19.1 Å². The smallest absolute Gasteiger partial charge is 0.314 e. The molecule has 4 heteroatoms. The predicted octanol–water partition coefficient (Wildman–Crippen LogP) is 3.75. The normalized spacial score (nSPS) is 18.6. The summed E-state index contributed by atoms with van der Waals surface area (Å²) in [4.78, 5) is 11.7. The van der Waals surface area contributed by atoms with E-state index in [2.05, 4.69) is 15.9 Å². The molecule has 98 valence electrons. The first-order valence-corrected chi connectivity index (χ1v) is 7.00. The monoisotopic (exact) mass is 312 g/mol. The van der Waals surface area contributed by atoms with Crippen LogP contribution in [0.3, 0.4) is 0 Å². The number of phenols is 1. The Kier molecular flexibility index (Phi) is 3.66. The van der Waals surface area contributed by atoms with Crippen molar-refractivity contribution >= 4 is 21.9 Å². The Bertz CT molecular complexity index is 453. The third-order valence-corrected chi connectivity index (χ3v) is 4.53. The lowest BCUT2D eigenvalue weighted by molar-refractivity contribution is -0.145. The summed E-state index contributed by atoms with van der Waals surface area (Å²) in [6, 6.07) is 3.56. The summed E-state index contributed by atoms with van der Waals surface area (Å²) in [5.41, 5.74) is 0.738. The fourth-order valence-electron chi connectivity index (χ4n) is 2.79. The van der Waals surface area contributed by atoms with Gasteiger partial charge in [0.1, 0.15) is 5.75 Å². The first-order valence-electron chi connectivity index (χ1n) is 6.20. The minimum Gasteiger partial charge on any atom is -0.506 e. The largest absolute Gasteiger partial charge is 0.506 e. The average Bonchev–Trinajstić information content (AvgIpc) is 2.36. The highest BCUT2D eigenvalue weighted by Crippen LogP contribution is 2.42. The van der Waals surface area contributed by atoms with Crippen LogP contribution in [0, 0.1) is 6.92 Å². The molecule has 0 atom stereocenters. The zero-order valence-electron chi connectivity index (χ0n) is 10.4. The molecule has 0 saturated heterocycles. The second-order valence-corrected chi connectivity index (χ2v) is 5.93. The molecule has 0 aliphatic heterocycles. The van der Waals surface area contributed by atoms with E-state index in [1.165, 1.54) is 0 Å². The molecule has 3 nitrogen and oxygen atoms in total. The van der Waals surface area contributed by atoms with Gasteiger partial charge < -0.3 is 10.2 Å². The van der Waals surface area contributed by atoms with Gasteiger partial charge in [-0.2, -0.15) is 0 Å². The zero-order chi connectivity index (χ0) is 13.3. The summed E-state index contributed by atoms with van der Waals surface area (Å²) >= 11 is 3.29. The van der Waals surface area contributed by atoms with Crippen LogP contribution in [0.2, 0.25) is 0 Å². The molecule has 1 aromatic rings. The minimum absolute atomic E-state index is 0.190. The van der Waals surface area contributed by atoms with Crippen molar-refractivity contribution in [2.75, 3.05) is 0 Å². The van der Waals surface area contributed by atoms with Gasteiger partial charge in [-0.3, -0.25) is 4.79 Å². The number of carboxylic acids is 1. The van der Waals surface area contributed by atoms with E-state index >= 15 is 0 Å². The molecule has 1 fully saturated rings. The van der Waals surface area contributed by atoms with Crippen LogP contribution < -0.4 is 0 Å². The van der Waals surface area contributed by atoms with E-state index in [-0.39, 0.29) is 5.75 Å². The summed E-state index contributed by atoms with van der Waals surface area (Å²) in [7, 11) is 0. The number of aryl methyl sites for hydroxylation is 1. The fraction of sp³-hybridized carbons (Fsp3) is 0.500. The van der Waals surface area contributed by atoms with Crippen LogP contribution in [0.15, 0.2) is 16.6 Å². The highest BCUT2D eigenvalue weighted by molar-refractivity contribution is 9.10. The Morgan fingerprint density at radius 2 is 1.89 bits per heavy atom. The van der Waals surface area contributed by atoms with Crippen molar-refractivity contribution in [1.82, 2.24) is 0 Å². The molecule has 2 N–H and O–H groups in total. The maximum atomic E-state index is 11.7. The number of carboxylic acid groups (broad SMARTS) is 1. The van der Waals surface area contributed by atoms with Gasteiger partial charge in [-0.25, -0.2) is 0 Å². The second kappa shape index (κ2) is 4.92. The van der Waals surface area contributed by atoms with Crippen molar-refractivity contribution in [3.8, 4) is 5.75 Å². The fourth-order valence-corrected chi connectivity index (χ4v) is 3.35. The predicted molar refractivity (Wildman–Crippen MR) is 72.9 cm³/mol. The number of benzene rings is 1. The van der Waals surface area contributed by atoms with Crippen molar-refractivity contribution in [2.24, 2.45) is 0 Å². The van der Waals surface area contributed by atoms with Crippen molar-refractivity contribution in [3.05, 3.63) is 27.7 Å². The lowest BCUT2D eigenvalue weighted by Gasteiger charge is -2.34. The first kappa shape index (κ1) is 13.4. The first-order chi connectivity index (χ1) is 8.47. The molecule has 1 aliphatic carbocycles. The molecule has 1 aromatic carbocycles. The number of aromatic hydroxyl groups is 1. The zero-order valence-corrected chi connectivity index (χ0v) is 12.0. The number of halogens is 1. The van der Waals surface area contributed by atoms with Crippen LogP contribution in [0.25, 0.3) is 0 Å². The van der Waals surface area contributed by atoms with Crippen LogP contribution in [0.5, 0.6) is 5.75 Å². The van der Waals surface area contributed by atoms with Crippen LogP contribution in [0.4, 0.5) is 0 Å². The van der Waals surface area contributed by atoms with E-state index in [9.17, 15) is 15.0 Å². The minimum atomic E-state index is -0.779. The van der Waals surface area contributed by atoms with Crippen LogP contribution >= 0.6 is 15.9 Å². The van der Waals surface area contributed by atoms with Gasteiger partial charge in [0.2, 0.25) is 0 Å². The van der Waals surface area contributed by atoms with E-state index in [1.807, 2.05) is 0 Å². The summed E-state index contributed by atoms with van der Waals surface area (Å²) in [5, 5.41) is 19.4. The Hall–Kier alpha value is -1.03. The molecular weight excluding hydrogens is 296 g/mol. The van der Waals surface area contributed by atoms with Crippen LogP contribution in [-0.2, 0) is 10.2 Å². The molecule has 0 unspecified atom stereocenters. The lowest BCUT2D eigenvalue weighted by atomic mass is 9.69. The van der Waals surface area contributed by atoms with Gasteiger partial charge in [0.25, 0.3) is 0 Å². The standard InChI is InChI=1S/C14H17BrO3/c1-9-7-10(8-11(15)12(9)16)14(13(17)18)5-3-2-4-6-14/h7-8,16H,2-6H2,1H3,(H,17,18). The number of hydrogen-bond donors (Lipinski definition) is 2. The number of phenolic OH excluding ortho intramolecular Hbond substituents is 1. The van der Waals surface area contributed by atoms with Crippen molar-refractivity contribution < 1.29 is 15.0 Å². The lowest BCUT2D eigenvalue weighted by Crippen LogP contribution is -2.37. The number of carbonyl (C=O) groups is 1. The van der Waals surface area contributed by atoms with Gasteiger partial charge in [0.05, 0.1) is 9.89 Å². The number of rotatable bonds is 2. The highest BCUT2D eigenvalue weighted by Gasteiger charge is 2.41. The SMILES string of the molecule is Cc1cc(C2(C(=O)O)CCCCC2)cc(Br)c1O. The highest BCUT2D eigenvalue weighted by atomic mass is 79.9. The van der Waals surface area contributed by atoms with Gasteiger partial charge in [-0.05, 0) is 52.9 Å². The van der Waals surface area contributed by atoms with Crippen LogP contribution in [-0.4, -0.2) is 16.2 Å². The number of aliphatic carboxylic acids is 1. The topological polar surface area (TPSA) is 57.5 Å². The Balaban J connectivity index is 2.52. The Morgan fingerprint density at radius 1 is 1.28 bits per heavy atom. The average molecular weight is 313 g/mol. The molecule has 0 aromatic heterocycles. The van der Waals surface area contributed by atoms with Gasteiger partial charge in [0, 0.05) is 0 Å². The van der Waals surface area contributed by atoms with Gasteiger partial charge in [0.15, 0.2) is 0 Å². The summed E-state index contributed by atoms with van der Waals surface area (Å²) in [6.07, 6.45) is 4.36.